The molecule has 6 nitrogen and oxygen atoms in total. The second-order valence-electron chi connectivity index (χ2n) is 6.37. The van der Waals surface area contributed by atoms with Gasteiger partial charge in [0, 0.05) is 36.1 Å². The summed E-state index contributed by atoms with van der Waals surface area (Å²) in [6.45, 7) is 8.93. The number of carbonyl (C=O) groups excluding carboxylic acids is 1. The van der Waals surface area contributed by atoms with Gasteiger partial charge < -0.3 is 10.2 Å². The second kappa shape index (κ2) is 7.42. The second-order valence-corrected chi connectivity index (χ2v) is 6.37. The molecule has 1 amide bonds. The van der Waals surface area contributed by atoms with Crippen molar-refractivity contribution in [1.29, 1.82) is 0 Å². The van der Waals surface area contributed by atoms with Crippen molar-refractivity contribution in [2.45, 2.75) is 32.6 Å². The van der Waals surface area contributed by atoms with Crippen molar-refractivity contribution in [3.05, 3.63) is 54.0 Å². The van der Waals surface area contributed by atoms with Crippen LogP contribution in [0.5, 0.6) is 0 Å². The zero-order chi connectivity index (χ0) is 17.8. The van der Waals surface area contributed by atoms with Crippen molar-refractivity contribution in [3.8, 4) is 0 Å². The number of pyridine rings is 1. The Balaban J connectivity index is 1.77. The number of piperidine rings is 1. The van der Waals surface area contributed by atoms with Gasteiger partial charge in [-0.05, 0) is 51.0 Å². The van der Waals surface area contributed by atoms with Gasteiger partial charge in [0.2, 0.25) is 11.9 Å². The number of nitrogens with one attached hydrogen (secondary N) is 1. The molecule has 1 aliphatic heterocycles. The minimum atomic E-state index is -0.0115. The Hall–Kier alpha value is -2.76. The highest BCUT2D eigenvalue weighted by molar-refractivity contribution is 5.87. The third kappa shape index (κ3) is 4.21. The van der Waals surface area contributed by atoms with Crippen LogP contribution < -0.4 is 5.32 Å². The number of amides is 1. The predicted octanol–water partition coefficient (Wildman–Crippen LogP) is 3.12. The zero-order valence-electron chi connectivity index (χ0n) is 14.7. The molecule has 3 rings (SSSR count). The number of hydrogen-bond acceptors (Lipinski definition) is 5. The van der Waals surface area contributed by atoms with Gasteiger partial charge in [-0.3, -0.25) is 4.79 Å². The Kier molecular flexibility index (Phi) is 5.07. The number of aryl methyl sites for hydroxylation is 2. The van der Waals surface area contributed by atoms with Crippen LogP contribution in [-0.2, 0) is 4.79 Å². The minimum absolute atomic E-state index is 0.0115. The Bertz CT molecular complexity index is 769. The molecule has 25 heavy (non-hydrogen) atoms. The minimum Gasteiger partial charge on any atom is -0.339 e. The van der Waals surface area contributed by atoms with Crippen LogP contribution in [0.1, 0.15) is 35.8 Å². The Morgan fingerprint density at radius 3 is 2.76 bits per heavy atom. The maximum atomic E-state index is 11.9. The van der Waals surface area contributed by atoms with E-state index in [1.165, 1.54) is 6.08 Å². The number of carbonyl (C=O) groups is 1. The van der Waals surface area contributed by atoms with E-state index in [-0.39, 0.29) is 11.8 Å². The number of nitrogens with zero attached hydrogens (tertiary/aromatic N) is 4. The molecular formula is C19H23N5O. The summed E-state index contributed by atoms with van der Waals surface area (Å²) >= 11 is 0. The molecule has 1 atom stereocenters. The van der Waals surface area contributed by atoms with Crippen molar-refractivity contribution in [2.24, 2.45) is 0 Å². The molecule has 130 valence electrons. The van der Waals surface area contributed by atoms with Gasteiger partial charge in [-0.1, -0.05) is 12.6 Å². The highest BCUT2D eigenvalue weighted by Crippen LogP contribution is 2.27. The molecule has 0 aliphatic carbocycles. The SMILES string of the molecule is C=CC(=O)N1CCC[C@@H](c2cccc(Nc3nc(C)cc(C)n3)n2)C1. The third-order valence-corrected chi connectivity index (χ3v) is 4.32. The normalized spacial score (nSPS) is 17.2. The number of hydrogen-bond donors (Lipinski definition) is 1. The molecule has 6 heteroatoms. The van der Waals surface area contributed by atoms with E-state index in [4.69, 9.17) is 4.98 Å². The molecule has 2 aromatic rings. The van der Waals surface area contributed by atoms with E-state index in [0.29, 0.717) is 12.5 Å². The van der Waals surface area contributed by atoms with Gasteiger partial charge >= 0.3 is 0 Å². The molecule has 2 aromatic heterocycles. The number of aromatic nitrogens is 3. The molecule has 3 heterocycles. The van der Waals surface area contributed by atoms with E-state index in [2.05, 4.69) is 21.9 Å². The molecule has 1 N–H and O–H groups in total. The molecule has 1 fully saturated rings. The van der Waals surface area contributed by atoms with Crippen LogP contribution in [0.3, 0.4) is 0 Å². The highest BCUT2D eigenvalue weighted by atomic mass is 16.2. The maximum absolute atomic E-state index is 11.9. The van der Waals surface area contributed by atoms with Gasteiger partial charge in [-0.2, -0.15) is 0 Å². The fraction of sp³-hybridized carbons (Fsp3) is 0.368. The summed E-state index contributed by atoms with van der Waals surface area (Å²) in [5.41, 5.74) is 2.81. The van der Waals surface area contributed by atoms with Crippen molar-refractivity contribution in [2.75, 3.05) is 18.4 Å². The van der Waals surface area contributed by atoms with E-state index in [1.54, 1.807) is 0 Å². The largest absolute Gasteiger partial charge is 0.339 e. The predicted molar refractivity (Wildman–Crippen MR) is 97.8 cm³/mol. The standard InChI is InChI=1S/C19H23N5O/c1-4-18(25)24-10-6-7-15(12-24)16-8-5-9-17(22-16)23-19-20-13(2)11-14(3)21-19/h4-5,8-9,11,15H,1,6-7,10,12H2,2-3H3,(H,20,21,22,23)/t15-/m1/s1. The first kappa shape index (κ1) is 17.1. The first-order valence-electron chi connectivity index (χ1n) is 8.53. The summed E-state index contributed by atoms with van der Waals surface area (Å²) in [7, 11) is 0. The van der Waals surface area contributed by atoms with Crippen molar-refractivity contribution in [1.82, 2.24) is 19.9 Å². The molecule has 0 spiro atoms. The van der Waals surface area contributed by atoms with Crippen LogP contribution in [0.4, 0.5) is 11.8 Å². The molecule has 0 radical (unpaired) electrons. The quantitative estimate of drug-likeness (QED) is 0.868. The van der Waals surface area contributed by atoms with Gasteiger partial charge in [0.15, 0.2) is 0 Å². The van der Waals surface area contributed by atoms with Crippen molar-refractivity contribution in [3.63, 3.8) is 0 Å². The molecule has 1 saturated heterocycles. The van der Waals surface area contributed by atoms with E-state index < -0.39 is 0 Å². The fourth-order valence-electron chi connectivity index (χ4n) is 3.19. The zero-order valence-corrected chi connectivity index (χ0v) is 14.7. The van der Waals surface area contributed by atoms with E-state index >= 15 is 0 Å². The van der Waals surface area contributed by atoms with Crippen LogP contribution in [0, 0.1) is 13.8 Å². The summed E-state index contributed by atoms with van der Waals surface area (Å²) in [6, 6.07) is 7.82. The summed E-state index contributed by atoms with van der Waals surface area (Å²) in [5.74, 6) is 1.49. The monoisotopic (exact) mass is 337 g/mol. The molecular weight excluding hydrogens is 314 g/mol. The van der Waals surface area contributed by atoms with Crippen LogP contribution in [0.25, 0.3) is 0 Å². The average Bonchev–Trinajstić information content (AvgIpc) is 2.60. The molecule has 0 saturated carbocycles. The lowest BCUT2D eigenvalue weighted by molar-refractivity contribution is -0.127. The molecule has 0 aromatic carbocycles. The van der Waals surface area contributed by atoms with Gasteiger partial charge in [-0.15, -0.1) is 0 Å². The average molecular weight is 337 g/mol. The summed E-state index contributed by atoms with van der Waals surface area (Å²) in [6.07, 6.45) is 3.38. The summed E-state index contributed by atoms with van der Waals surface area (Å²) < 4.78 is 0. The van der Waals surface area contributed by atoms with Gasteiger partial charge in [0.05, 0.1) is 0 Å². The van der Waals surface area contributed by atoms with Crippen LogP contribution in [-0.4, -0.2) is 38.8 Å². The van der Waals surface area contributed by atoms with Crippen LogP contribution >= 0.6 is 0 Å². The Morgan fingerprint density at radius 1 is 1.28 bits per heavy atom. The number of anilines is 2. The highest BCUT2D eigenvalue weighted by Gasteiger charge is 2.24. The van der Waals surface area contributed by atoms with Gasteiger partial charge in [0.1, 0.15) is 5.82 Å². The van der Waals surface area contributed by atoms with Gasteiger partial charge in [0.25, 0.3) is 0 Å². The van der Waals surface area contributed by atoms with E-state index in [0.717, 1.165) is 42.3 Å². The fourth-order valence-corrected chi connectivity index (χ4v) is 3.19. The maximum Gasteiger partial charge on any atom is 0.245 e. The van der Waals surface area contributed by atoms with Crippen molar-refractivity contribution >= 4 is 17.7 Å². The lowest BCUT2D eigenvalue weighted by Gasteiger charge is -2.31. The first-order chi connectivity index (χ1) is 12.0. The summed E-state index contributed by atoms with van der Waals surface area (Å²) in [4.78, 5) is 27.2. The van der Waals surface area contributed by atoms with Crippen LogP contribution in [0.15, 0.2) is 36.9 Å². The molecule has 1 aliphatic rings. The number of rotatable bonds is 4. The van der Waals surface area contributed by atoms with E-state index in [1.807, 2.05) is 43.0 Å². The van der Waals surface area contributed by atoms with Crippen LogP contribution in [0.2, 0.25) is 0 Å². The molecule has 0 bridgehead atoms. The lowest BCUT2D eigenvalue weighted by Crippen LogP contribution is -2.38. The van der Waals surface area contributed by atoms with E-state index in [9.17, 15) is 4.79 Å². The number of likely N-dealkylation sites (tertiary alicyclic amines) is 1. The van der Waals surface area contributed by atoms with Gasteiger partial charge in [-0.25, -0.2) is 15.0 Å². The topological polar surface area (TPSA) is 71.0 Å². The van der Waals surface area contributed by atoms with Crippen molar-refractivity contribution < 1.29 is 4.79 Å². The molecule has 0 unspecified atom stereocenters. The summed E-state index contributed by atoms with van der Waals surface area (Å²) in [5, 5.41) is 3.18. The Morgan fingerprint density at radius 2 is 2.04 bits per heavy atom. The first-order valence-corrected chi connectivity index (χ1v) is 8.53. The Labute approximate surface area is 148 Å². The smallest absolute Gasteiger partial charge is 0.245 e. The third-order valence-electron chi connectivity index (χ3n) is 4.32. The lowest BCUT2D eigenvalue weighted by atomic mass is 9.94.